The summed E-state index contributed by atoms with van der Waals surface area (Å²) in [5, 5.41) is 3.41. The molecule has 0 aliphatic carbocycles. The predicted molar refractivity (Wildman–Crippen MR) is 44.9 cm³/mol. The third-order valence-corrected chi connectivity index (χ3v) is 2.50. The highest BCUT2D eigenvalue weighted by atomic mass is 15.3. The normalized spacial score (nSPS) is 25.5. The van der Waals surface area contributed by atoms with E-state index in [1.54, 1.807) is 0 Å². The third kappa shape index (κ3) is 1.09. The first-order chi connectivity index (χ1) is 5.27. The third-order valence-electron chi connectivity index (χ3n) is 2.50. The maximum absolute atomic E-state index is 3.41. The molecule has 3 nitrogen and oxygen atoms in total. The van der Waals surface area contributed by atoms with Crippen LogP contribution in [0.25, 0.3) is 0 Å². The summed E-state index contributed by atoms with van der Waals surface area (Å²) in [6.45, 7) is 3.30. The zero-order chi connectivity index (χ0) is 7.84. The monoisotopic (exact) mass is 153 g/mol. The van der Waals surface area contributed by atoms with Crippen molar-refractivity contribution in [2.24, 2.45) is 0 Å². The Kier molecular flexibility index (Phi) is 1.53. The summed E-state index contributed by atoms with van der Waals surface area (Å²) < 4.78 is 0. The molecule has 11 heavy (non-hydrogen) atoms. The van der Waals surface area contributed by atoms with Crippen LogP contribution in [-0.4, -0.2) is 43.7 Å². The summed E-state index contributed by atoms with van der Waals surface area (Å²) in [6.07, 6.45) is 1.19. The Morgan fingerprint density at radius 2 is 2.18 bits per heavy atom. The Bertz CT molecular complexity index is 198. The lowest BCUT2D eigenvalue weighted by Gasteiger charge is -2.26. The quantitative estimate of drug-likeness (QED) is 0.529. The average Bonchev–Trinajstić information content (AvgIpc) is 2.33. The van der Waals surface area contributed by atoms with Gasteiger partial charge in [0.1, 0.15) is 0 Å². The van der Waals surface area contributed by atoms with Gasteiger partial charge in [-0.2, -0.15) is 0 Å². The fourth-order valence-corrected chi connectivity index (χ4v) is 1.73. The molecule has 0 atom stereocenters. The van der Waals surface area contributed by atoms with Crippen LogP contribution in [0.2, 0.25) is 0 Å². The first-order valence-corrected chi connectivity index (χ1v) is 4.13. The maximum Gasteiger partial charge on any atom is 0.0869 e. The lowest BCUT2D eigenvalue weighted by molar-refractivity contribution is 0.311. The Balaban J connectivity index is 2.18. The number of nitrogens with zero attached hydrogens (tertiary/aromatic N) is 2. The van der Waals surface area contributed by atoms with Crippen LogP contribution in [0.3, 0.4) is 0 Å². The van der Waals surface area contributed by atoms with Crippen molar-refractivity contribution in [3.8, 4) is 0 Å². The molecule has 0 amide bonds. The number of hydrogen-bond acceptors (Lipinski definition) is 3. The summed E-state index contributed by atoms with van der Waals surface area (Å²) in [5.74, 6) is 0. The number of likely N-dealkylation sites (N-methyl/N-ethyl adjacent to an activating group) is 2. The van der Waals surface area contributed by atoms with Crippen molar-refractivity contribution < 1.29 is 0 Å². The minimum atomic E-state index is 0.999. The molecule has 0 aromatic rings. The summed E-state index contributed by atoms with van der Waals surface area (Å²) in [7, 11) is 4.32. The average molecular weight is 153 g/mol. The van der Waals surface area contributed by atoms with E-state index in [1.165, 1.54) is 24.4 Å². The molecule has 0 fully saturated rings. The molecule has 0 saturated carbocycles. The maximum atomic E-state index is 3.41. The molecule has 3 heteroatoms. The van der Waals surface area contributed by atoms with E-state index in [1.807, 2.05) is 0 Å². The van der Waals surface area contributed by atoms with Crippen molar-refractivity contribution in [2.45, 2.75) is 6.42 Å². The van der Waals surface area contributed by atoms with Crippen molar-refractivity contribution >= 4 is 0 Å². The van der Waals surface area contributed by atoms with Crippen LogP contribution in [0.1, 0.15) is 6.42 Å². The number of rotatable bonds is 0. The largest absolute Gasteiger partial charge is 0.370 e. The van der Waals surface area contributed by atoms with Crippen LogP contribution < -0.4 is 5.32 Å². The second-order valence-corrected chi connectivity index (χ2v) is 3.45. The number of hydrogen-bond donors (Lipinski definition) is 1. The van der Waals surface area contributed by atoms with Gasteiger partial charge in [-0.25, -0.2) is 0 Å². The SMILES string of the molecule is CN1CCC2=C(C1)N(C)CN2. The van der Waals surface area contributed by atoms with Gasteiger partial charge in [0.25, 0.3) is 0 Å². The van der Waals surface area contributed by atoms with Crippen LogP contribution in [0.5, 0.6) is 0 Å². The minimum absolute atomic E-state index is 0.999. The summed E-state index contributed by atoms with van der Waals surface area (Å²) in [4.78, 5) is 4.66. The summed E-state index contributed by atoms with van der Waals surface area (Å²) in [6, 6.07) is 0. The van der Waals surface area contributed by atoms with Crippen molar-refractivity contribution in [1.29, 1.82) is 0 Å². The Morgan fingerprint density at radius 1 is 1.36 bits per heavy atom. The van der Waals surface area contributed by atoms with Gasteiger partial charge in [0.15, 0.2) is 0 Å². The number of nitrogens with one attached hydrogen (secondary N) is 1. The standard InChI is InChI=1S/C8H15N3/c1-10-4-3-7-8(5-10)11(2)6-9-7/h9H,3-6H2,1-2H3. The Morgan fingerprint density at radius 3 is 3.00 bits per heavy atom. The lowest BCUT2D eigenvalue weighted by Crippen LogP contribution is -2.31. The van der Waals surface area contributed by atoms with Gasteiger partial charge in [-0.3, -0.25) is 0 Å². The molecule has 0 unspecified atom stereocenters. The van der Waals surface area contributed by atoms with Crippen LogP contribution in [0.15, 0.2) is 11.4 Å². The molecule has 2 aliphatic rings. The molecule has 0 spiro atoms. The highest BCUT2D eigenvalue weighted by Crippen LogP contribution is 2.20. The van der Waals surface area contributed by atoms with Crippen molar-refractivity contribution in [1.82, 2.24) is 15.1 Å². The van der Waals surface area contributed by atoms with Crippen LogP contribution in [-0.2, 0) is 0 Å². The molecule has 62 valence electrons. The Hall–Kier alpha value is -0.700. The van der Waals surface area contributed by atoms with Crippen LogP contribution in [0.4, 0.5) is 0 Å². The molecule has 0 aromatic heterocycles. The van der Waals surface area contributed by atoms with E-state index in [2.05, 4.69) is 29.2 Å². The molecule has 0 aromatic carbocycles. The lowest BCUT2D eigenvalue weighted by atomic mass is 10.2. The smallest absolute Gasteiger partial charge is 0.0869 e. The van der Waals surface area contributed by atoms with Crippen molar-refractivity contribution in [3.63, 3.8) is 0 Å². The van der Waals surface area contributed by atoms with E-state index in [4.69, 9.17) is 0 Å². The van der Waals surface area contributed by atoms with Gasteiger partial charge < -0.3 is 15.1 Å². The van der Waals surface area contributed by atoms with E-state index in [-0.39, 0.29) is 0 Å². The predicted octanol–water partition coefficient (Wildman–Crippen LogP) is 0.0260. The van der Waals surface area contributed by atoms with Crippen LogP contribution >= 0.6 is 0 Å². The molecule has 2 aliphatic heterocycles. The minimum Gasteiger partial charge on any atom is -0.370 e. The molecule has 2 heterocycles. The van der Waals surface area contributed by atoms with Gasteiger partial charge in [-0.1, -0.05) is 0 Å². The zero-order valence-electron chi connectivity index (χ0n) is 7.22. The Labute approximate surface area is 67.7 Å². The van der Waals surface area contributed by atoms with Crippen molar-refractivity contribution in [3.05, 3.63) is 11.4 Å². The van der Waals surface area contributed by atoms with E-state index in [0.29, 0.717) is 0 Å². The highest BCUT2D eigenvalue weighted by Gasteiger charge is 2.23. The molecule has 0 radical (unpaired) electrons. The van der Waals surface area contributed by atoms with Gasteiger partial charge >= 0.3 is 0 Å². The van der Waals surface area contributed by atoms with Gasteiger partial charge in [-0.05, 0) is 7.05 Å². The molecule has 2 rings (SSSR count). The van der Waals surface area contributed by atoms with E-state index in [0.717, 1.165) is 13.2 Å². The van der Waals surface area contributed by atoms with Crippen molar-refractivity contribution in [2.75, 3.05) is 33.9 Å². The van der Waals surface area contributed by atoms with Gasteiger partial charge in [0.2, 0.25) is 0 Å². The fraction of sp³-hybridized carbons (Fsp3) is 0.750. The highest BCUT2D eigenvalue weighted by molar-refractivity contribution is 5.20. The van der Waals surface area contributed by atoms with E-state index in [9.17, 15) is 0 Å². The second kappa shape index (κ2) is 2.41. The molecule has 0 saturated heterocycles. The van der Waals surface area contributed by atoms with Gasteiger partial charge in [0.05, 0.1) is 6.67 Å². The van der Waals surface area contributed by atoms with Gasteiger partial charge in [-0.15, -0.1) is 0 Å². The van der Waals surface area contributed by atoms with E-state index >= 15 is 0 Å². The van der Waals surface area contributed by atoms with E-state index < -0.39 is 0 Å². The molecule has 1 N–H and O–H groups in total. The topological polar surface area (TPSA) is 18.5 Å². The first-order valence-electron chi connectivity index (χ1n) is 4.13. The molecular formula is C8H15N3. The fourth-order valence-electron chi connectivity index (χ4n) is 1.73. The first kappa shape index (κ1) is 6.98. The van der Waals surface area contributed by atoms with Crippen LogP contribution in [0, 0.1) is 0 Å². The second-order valence-electron chi connectivity index (χ2n) is 3.45. The summed E-state index contributed by atoms with van der Waals surface area (Å²) in [5.41, 5.74) is 2.95. The molecule has 0 bridgehead atoms. The summed E-state index contributed by atoms with van der Waals surface area (Å²) >= 11 is 0. The van der Waals surface area contributed by atoms with Gasteiger partial charge in [0, 0.05) is 38.0 Å². The zero-order valence-corrected chi connectivity index (χ0v) is 7.22. The molecular weight excluding hydrogens is 138 g/mol.